The molecule has 244 valence electrons. The summed E-state index contributed by atoms with van der Waals surface area (Å²) >= 11 is 0. The van der Waals surface area contributed by atoms with Crippen molar-refractivity contribution in [2.45, 2.75) is 193 Å². The number of hydrogen-bond acceptors (Lipinski definition) is 5. The predicted molar refractivity (Wildman–Crippen MR) is 182 cm³/mol. The van der Waals surface area contributed by atoms with Crippen molar-refractivity contribution in [3.8, 4) is 0 Å². The molecule has 1 saturated heterocycles. The van der Waals surface area contributed by atoms with Crippen LogP contribution in [0.4, 0.5) is 0 Å². The molecule has 1 aliphatic heterocycles. The van der Waals surface area contributed by atoms with Gasteiger partial charge in [-0.25, -0.2) is 0 Å². The molecular formula is C33H70O5Si3. The van der Waals surface area contributed by atoms with Crippen molar-refractivity contribution in [2.24, 2.45) is 11.8 Å². The maximum absolute atomic E-state index is 10.3. The van der Waals surface area contributed by atoms with Crippen LogP contribution in [-0.4, -0.2) is 61.3 Å². The lowest BCUT2D eigenvalue weighted by molar-refractivity contribution is -0.0946. The third kappa shape index (κ3) is 10.2. The first-order valence-electron chi connectivity index (χ1n) is 16.7. The van der Waals surface area contributed by atoms with Gasteiger partial charge in [-0.1, -0.05) is 75.2 Å². The highest BCUT2D eigenvalue weighted by Gasteiger charge is 2.52. The van der Waals surface area contributed by atoms with Crippen molar-refractivity contribution in [3.63, 3.8) is 0 Å². The maximum Gasteiger partial charge on any atom is 0.192 e. The number of rotatable bonds is 14. The Morgan fingerprint density at radius 1 is 0.732 bits per heavy atom. The Labute approximate surface area is 258 Å². The van der Waals surface area contributed by atoms with Gasteiger partial charge >= 0.3 is 0 Å². The van der Waals surface area contributed by atoms with Crippen molar-refractivity contribution in [1.29, 1.82) is 0 Å². The summed E-state index contributed by atoms with van der Waals surface area (Å²) in [6.07, 6.45) is 8.44. The Kier molecular flexibility index (Phi) is 12.7. The van der Waals surface area contributed by atoms with Crippen LogP contribution < -0.4 is 0 Å². The first kappa shape index (κ1) is 37.6. The molecule has 2 aliphatic rings. The lowest BCUT2D eigenvalue weighted by Crippen LogP contribution is -2.46. The molecule has 5 nitrogen and oxygen atoms in total. The van der Waals surface area contributed by atoms with Gasteiger partial charge in [0.2, 0.25) is 0 Å². The molecule has 41 heavy (non-hydrogen) atoms. The number of fused-ring (bicyclic) bond motifs is 1. The number of aliphatic hydroxyl groups is 1. The second kappa shape index (κ2) is 13.8. The highest BCUT2D eigenvalue weighted by Crippen LogP contribution is 2.49. The Hall–Kier alpha value is 0.451. The third-order valence-corrected chi connectivity index (χ3v) is 25.1. The summed E-state index contributed by atoms with van der Waals surface area (Å²) in [5.41, 5.74) is 0. The lowest BCUT2D eigenvalue weighted by atomic mass is 9.87. The fourth-order valence-corrected chi connectivity index (χ4v) is 9.51. The van der Waals surface area contributed by atoms with E-state index in [-0.39, 0.29) is 33.4 Å². The van der Waals surface area contributed by atoms with Crippen molar-refractivity contribution in [3.05, 3.63) is 0 Å². The van der Waals surface area contributed by atoms with E-state index in [1.807, 2.05) is 0 Å². The molecule has 6 atom stereocenters. The molecule has 0 bridgehead atoms. The van der Waals surface area contributed by atoms with Crippen molar-refractivity contribution in [1.82, 2.24) is 0 Å². The van der Waals surface area contributed by atoms with E-state index in [0.29, 0.717) is 11.8 Å². The van der Waals surface area contributed by atoms with Gasteiger partial charge in [-0.3, -0.25) is 0 Å². The molecule has 1 saturated carbocycles. The van der Waals surface area contributed by atoms with Gasteiger partial charge in [0.25, 0.3) is 0 Å². The molecule has 0 aromatic heterocycles. The van der Waals surface area contributed by atoms with Crippen LogP contribution in [0.25, 0.3) is 0 Å². The monoisotopic (exact) mass is 630 g/mol. The Bertz CT molecular complexity index is 809. The number of ether oxygens (including phenoxy) is 1. The molecule has 0 aromatic rings. The summed E-state index contributed by atoms with van der Waals surface area (Å²) in [6.45, 7) is 36.0. The summed E-state index contributed by atoms with van der Waals surface area (Å²) in [6, 6.07) is 0. The fourth-order valence-electron chi connectivity index (χ4n) is 5.62. The molecule has 2 fully saturated rings. The van der Waals surface area contributed by atoms with E-state index < -0.39 is 31.2 Å². The number of hydrogen-bond donors (Lipinski definition) is 1. The van der Waals surface area contributed by atoms with Gasteiger partial charge < -0.3 is 23.1 Å². The fraction of sp³-hybridized carbons (Fsp3) is 1.00. The van der Waals surface area contributed by atoms with Crippen LogP contribution in [0.5, 0.6) is 0 Å². The third-order valence-electron chi connectivity index (χ3n) is 11.6. The van der Waals surface area contributed by atoms with Crippen LogP contribution in [-0.2, 0) is 18.0 Å². The van der Waals surface area contributed by atoms with Crippen LogP contribution in [0.1, 0.15) is 114 Å². The Morgan fingerprint density at radius 3 is 1.83 bits per heavy atom. The topological polar surface area (TPSA) is 57.2 Å². The van der Waals surface area contributed by atoms with Crippen molar-refractivity contribution in [2.75, 3.05) is 6.61 Å². The van der Waals surface area contributed by atoms with Gasteiger partial charge in [0, 0.05) is 19.1 Å². The van der Waals surface area contributed by atoms with Crippen molar-refractivity contribution < 1.29 is 23.1 Å². The minimum absolute atomic E-state index is 0.130. The Morgan fingerprint density at radius 2 is 1.29 bits per heavy atom. The highest BCUT2D eigenvalue weighted by molar-refractivity contribution is 6.74. The van der Waals surface area contributed by atoms with Crippen LogP contribution in [0.15, 0.2) is 0 Å². The molecule has 2 unspecified atom stereocenters. The molecule has 2 rings (SSSR count). The molecule has 0 amide bonds. The molecule has 1 heterocycles. The molecule has 0 radical (unpaired) electrons. The first-order valence-corrected chi connectivity index (χ1v) is 25.4. The first-order chi connectivity index (χ1) is 18.4. The van der Waals surface area contributed by atoms with E-state index >= 15 is 0 Å². The second-order valence-corrected chi connectivity index (χ2v) is 32.2. The predicted octanol–water partition coefficient (Wildman–Crippen LogP) is 9.87. The molecular weight excluding hydrogens is 561 g/mol. The smallest absolute Gasteiger partial charge is 0.192 e. The van der Waals surface area contributed by atoms with E-state index in [1.54, 1.807) is 0 Å². The van der Waals surface area contributed by atoms with Gasteiger partial charge in [0.05, 0.1) is 12.2 Å². The van der Waals surface area contributed by atoms with Crippen LogP contribution in [0.3, 0.4) is 0 Å². The van der Waals surface area contributed by atoms with Gasteiger partial charge in [-0.2, -0.15) is 0 Å². The van der Waals surface area contributed by atoms with E-state index in [9.17, 15) is 5.11 Å². The normalized spacial score (nSPS) is 27.4. The average molecular weight is 631 g/mol. The molecule has 0 spiro atoms. The second-order valence-electron chi connectivity index (χ2n) is 17.9. The zero-order valence-electron chi connectivity index (χ0n) is 29.9. The summed E-state index contributed by atoms with van der Waals surface area (Å²) in [7, 11) is -5.47. The highest BCUT2D eigenvalue weighted by atomic mass is 28.4. The Balaban J connectivity index is 2.07. The van der Waals surface area contributed by atoms with Gasteiger partial charge in [-0.05, 0) is 98.3 Å². The SMILES string of the molecule is CC(C)(C)[Si](C)(C)OCCCCCC(CC[C@@H]1[C@H]2CC(O)O[C@H]2C[C@H]1O[Si](C)(C)C(C)(C)C)O[Si](C)(C)C(C)(C)C. The van der Waals surface area contributed by atoms with E-state index in [4.69, 9.17) is 18.0 Å². The van der Waals surface area contributed by atoms with Crippen LogP contribution >= 0.6 is 0 Å². The largest absolute Gasteiger partial charge is 0.417 e. The van der Waals surface area contributed by atoms with Crippen LogP contribution in [0, 0.1) is 11.8 Å². The minimum Gasteiger partial charge on any atom is -0.417 e. The maximum atomic E-state index is 10.3. The minimum atomic E-state index is -1.91. The van der Waals surface area contributed by atoms with Crippen LogP contribution in [0.2, 0.25) is 54.4 Å². The van der Waals surface area contributed by atoms with E-state index in [0.717, 1.165) is 45.1 Å². The van der Waals surface area contributed by atoms with Gasteiger partial charge in [0.15, 0.2) is 31.2 Å². The molecule has 8 heteroatoms. The summed E-state index contributed by atoms with van der Waals surface area (Å²) in [5, 5.41) is 11.0. The van der Waals surface area contributed by atoms with Crippen molar-refractivity contribution >= 4 is 25.0 Å². The summed E-state index contributed by atoms with van der Waals surface area (Å²) in [4.78, 5) is 0. The zero-order valence-corrected chi connectivity index (χ0v) is 32.9. The van der Waals surface area contributed by atoms with Gasteiger partial charge in [0.1, 0.15) is 0 Å². The molecule has 1 aliphatic carbocycles. The molecule has 0 aromatic carbocycles. The quantitative estimate of drug-likeness (QED) is 0.153. The van der Waals surface area contributed by atoms with Gasteiger partial charge in [-0.15, -0.1) is 0 Å². The average Bonchev–Trinajstić information content (AvgIpc) is 3.26. The number of aliphatic hydroxyl groups excluding tert-OH is 1. The standard InChI is InChI=1S/C33H70O5Si3/c1-31(2,3)39(10,11)35-22-18-16-17-19-25(37-40(12,13)32(4,5)6)20-21-26-27-23-30(34)36-28(27)24-29(26)38-41(14,15)33(7,8)9/h25-30,34H,16-24H2,1-15H3/t25?,26-,27-,28+,29-,30?/m1/s1. The summed E-state index contributed by atoms with van der Waals surface area (Å²) in [5.74, 6) is 0.815. The lowest BCUT2D eigenvalue weighted by Gasteiger charge is -2.41. The number of unbranched alkanes of at least 4 members (excludes halogenated alkanes) is 2. The van der Waals surface area contributed by atoms with E-state index in [2.05, 4.69) is 102 Å². The molecule has 1 N–H and O–H groups in total. The summed E-state index contributed by atoms with van der Waals surface area (Å²) < 4.78 is 26.6. The van der Waals surface area contributed by atoms with E-state index in [1.165, 1.54) is 12.8 Å². The zero-order chi connectivity index (χ0) is 31.7.